The summed E-state index contributed by atoms with van der Waals surface area (Å²) in [7, 11) is -4.01. The quantitative estimate of drug-likeness (QED) is 0.614. The Hall–Kier alpha value is -3.62. The Morgan fingerprint density at radius 2 is 1.85 bits per heavy atom. The highest BCUT2D eigenvalue weighted by molar-refractivity contribution is 7.89. The van der Waals surface area contributed by atoms with Crippen LogP contribution in [0.15, 0.2) is 47.4 Å². The maximum atomic E-state index is 13.3. The second kappa shape index (κ2) is 9.70. The number of nitriles is 1. The maximum absolute atomic E-state index is 13.3. The number of anilines is 1. The molecule has 0 radical (unpaired) electrons. The molecule has 2 atom stereocenters. The van der Waals surface area contributed by atoms with Crippen molar-refractivity contribution in [1.82, 2.24) is 4.31 Å². The van der Waals surface area contributed by atoms with Gasteiger partial charge in [0, 0.05) is 18.3 Å². The summed E-state index contributed by atoms with van der Waals surface area (Å²) in [4.78, 5) is 25.3. The molecule has 10 nitrogen and oxygen atoms in total. The highest BCUT2D eigenvalue weighted by atomic mass is 32.2. The average molecular weight is 486 g/mol. The minimum atomic E-state index is -4.01. The molecule has 1 amide bonds. The van der Waals surface area contributed by atoms with E-state index in [0.29, 0.717) is 42.4 Å². The molecule has 0 saturated carbocycles. The van der Waals surface area contributed by atoms with Crippen LogP contribution in [0.3, 0.4) is 0 Å². The van der Waals surface area contributed by atoms with E-state index >= 15 is 0 Å². The van der Waals surface area contributed by atoms with E-state index in [9.17, 15) is 18.0 Å². The minimum absolute atomic E-state index is 0.0111. The van der Waals surface area contributed by atoms with Gasteiger partial charge in [-0.15, -0.1) is 0 Å². The van der Waals surface area contributed by atoms with Crippen molar-refractivity contribution in [3.8, 4) is 17.6 Å². The Labute approximate surface area is 197 Å². The summed E-state index contributed by atoms with van der Waals surface area (Å²) in [5, 5.41) is 11.5. The smallest absolute Gasteiger partial charge is 0.325 e. The van der Waals surface area contributed by atoms with E-state index in [-0.39, 0.29) is 17.9 Å². The number of hydrogen-bond donors (Lipinski definition) is 1. The molecule has 4 rings (SSSR count). The van der Waals surface area contributed by atoms with Crippen LogP contribution in [0, 0.1) is 11.3 Å². The van der Waals surface area contributed by atoms with E-state index in [4.69, 9.17) is 19.5 Å². The Bertz CT molecular complexity index is 1240. The second-order valence-electron chi connectivity index (χ2n) is 7.84. The van der Waals surface area contributed by atoms with E-state index in [2.05, 4.69) is 5.32 Å². The van der Waals surface area contributed by atoms with Crippen molar-refractivity contribution in [2.24, 2.45) is 0 Å². The van der Waals surface area contributed by atoms with E-state index in [1.165, 1.54) is 25.1 Å². The number of nitrogens with zero attached hydrogens (tertiary/aromatic N) is 2. The van der Waals surface area contributed by atoms with Gasteiger partial charge in [-0.2, -0.15) is 9.57 Å². The number of nitrogens with one attached hydrogen (secondary N) is 1. The number of sulfonamides is 1. The number of fused-ring (bicyclic) bond motifs is 1. The van der Waals surface area contributed by atoms with Crippen LogP contribution in [0.1, 0.15) is 25.3 Å². The lowest BCUT2D eigenvalue weighted by atomic mass is 10.2. The first kappa shape index (κ1) is 23.5. The first-order valence-corrected chi connectivity index (χ1v) is 12.2. The number of benzene rings is 2. The highest BCUT2D eigenvalue weighted by Gasteiger charge is 2.41. The molecule has 11 heteroatoms. The fourth-order valence-corrected chi connectivity index (χ4v) is 5.42. The molecule has 0 bridgehead atoms. The SMILES string of the molecule is C[C@@H](OC(=O)[C@@H]1CCCN1S(=O)(=O)c1ccc2c(c1)OCCO2)C(=O)Nc1ccc(C#N)cc1. The van der Waals surface area contributed by atoms with Crippen LogP contribution < -0.4 is 14.8 Å². The van der Waals surface area contributed by atoms with E-state index in [1.807, 2.05) is 6.07 Å². The average Bonchev–Trinajstić information content (AvgIpc) is 3.35. The summed E-state index contributed by atoms with van der Waals surface area (Å²) in [6, 6.07) is 11.5. The standard InChI is InChI=1S/C23H23N3O7S/c1-15(22(27)25-17-6-4-16(14-24)5-7-17)33-23(28)19-3-2-10-26(19)34(29,30)18-8-9-20-21(13-18)32-12-11-31-20/h4-9,13,15,19H,2-3,10-12H2,1H3,(H,25,27)/t15-,19+/m1/s1. The van der Waals surface area contributed by atoms with Gasteiger partial charge in [0.1, 0.15) is 19.3 Å². The van der Waals surface area contributed by atoms with Crippen LogP contribution in [0.25, 0.3) is 0 Å². The number of carbonyl (C=O) groups excluding carboxylic acids is 2. The van der Waals surface area contributed by atoms with Crippen LogP contribution in [0.4, 0.5) is 5.69 Å². The molecule has 1 N–H and O–H groups in total. The van der Waals surface area contributed by atoms with Gasteiger partial charge in [-0.05, 0) is 56.2 Å². The molecule has 34 heavy (non-hydrogen) atoms. The lowest BCUT2D eigenvalue weighted by molar-refractivity contribution is -0.156. The summed E-state index contributed by atoms with van der Waals surface area (Å²) in [6.45, 7) is 2.27. The molecular formula is C23H23N3O7S. The van der Waals surface area contributed by atoms with E-state index in [1.54, 1.807) is 24.3 Å². The van der Waals surface area contributed by atoms with Crippen molar-refractivity contribution in [2.45, 2.75) is 36.8 Å². The molecule has 0 unspecified atom stereocenters. The van der Waals surface area contributed by atoms with Crippen molar-refractivity contribution >= 4 is 27.6 Å². The van der Waals surface area contributed by atoms with Gasteiger partial charge in [0.25, 0.3) is 5.91 Å². The predicted octanol–water partition coefficient (Wildman–Crippen LogP) is 2.05. The van der Waals surface area contributed by atoms with Gasteiger partial charge in [0.2, 0.25) is 10.0 Å². The van der Waals surface area contributed by atoms with Gasteiger partial charge in [0.05, 0.1) is 16.5 Å². The largest absolute Gasteiger partial charge is 0.486 e. The summed E-state index contributed by atoms with van der Waals surface area (Å²) in [5.74, 6) is -0.568. The number of esters is 1. The highest BCUT2D eigenvalue weighted by Crippen LogP contribution is 2.35. The van der Waals surface area contributed by atoms with Crippen LogP contribution in [-0.2, 0) is 24.3 Å². The predicted molar refractivity (Wildman–Crippen MR) is 120 cm³/mol. The molecule has 2 aromatic carbocycles. The fourth-order valence-electron chi connectivity index (χ4n) is 3.76. The van der Waals surface area contributed by atoms with Crippen molar-refractivity contribution in [2.75, 3.05) is 25.1 Å². The van der Waals surface area contributed by atoms with Crippen molar-refractivity contribution in [1.29, 1.82) is 5.26 Å². The fraction of sp³-hybridized carbons (Fsp3) is 0.348. The first-order chi connectivity index (χ1) is 16.3. The number of amides is 1. The molecule has 1 fully saturated rings. The van der Waals surface area contributed by atoms with Crippen molar-refractivity contribution in [3.63, 3.8) is 0 Å². The Morgan fingerprint density at radius 3 is 2.56 bits per heavy atom. The molecule has 0 aliphatic carbocycles. The Balaban J connectivity index is 1.43. The lowest BCUT2D eigenvalue weighted by Crippen LogP contribution is -2.43. The molecule has 0 aromatic heterocycles. The van der Waals surface area contributed by atoms with Crippen LogP contribution in [0.2, 0.25) is 0 Å². The third-order valence-electron chi connectivity index (χ3n) is 5.54. The van der Waals surface area contributed by atoms with Gasteiger partial charge in [-0.1, -0.05) is 0 Å². The van der Waals surface area contributed by atoms with Gasteiger partial charge in [-0.3, -0.25) is 9.59 Å². The number of ether oxygens (including phenoxy) is 3. The second-order valence-corrected chi connectivity index (χ2v) is 9.73. The molecule has 0 spiro atoms. The molecule has 2 heterocycles. The minimum Gasteiger partial charge on any atom is -0.486 e. The molecule has 178 valence electrons. The van der Waals surface area contributed by atoms with E-state index in [0.717, 1.165) is 4.31 Å². The number of hydrogen-bond acceptors (Lipinski definition) is 8. The zero-order chi connectivity index (χ0) is 24.3. The van der Waals surface area contributed by atoms with Crippen molar-refractivity contribution < 1.29 is 32.2 Å². The molecule has 2 aliphatic rings. The third-order valence-corrected chi connectivity index (χ3v) is 7.44. The van der Waals surface area contributed by atoms with Gasteiger partial charge >= 0.3 is 5.97 Å². The Morgan fingerprint density at radius 1 is 1.15 bits per heavy atom. The summed E-state index contributed by atoms with van der Waals surface area (Å²) < 4.78 is 43.9. The zero-order valence-electron chi connectivity index (χ0n) is 18.4. The molecule has 1 saturated heterocycles. The normalized spacial score (nSPS) is 18.5. The maximum Gasteiger partial charge on any atom is 0.325 e. The van der Waals surface area contributed by atoms with Crippen molar-refractivity contribution in [3.05, 3.63) is 48.0 Å². The van der Waals surface area contributed by atoms with Gasteiger partial charge < -0.3 is 19.5 Å². The third kappa shape index (κ3) is 4.83. The monoisotopic (exact) mass is 485 g/mol. The van der Waals surface area contributed by atoms with Gasteiger partial charge in [0.15, 0.2) is 17.6 Å². The number of carbonyl (C=O) groups is 2. The number of rotatable bonds is 6. The summed E-state index contributed by atoms with van der Waals surface area (Å²) in [5.41, 5.74) is 0.883. The van der Waals surface area contributed by atoms with Crippen LogP contribution in [-0.4, -0.2) is 56.5 Å². The summed E-state index contributed by atoms with van der Waals surface area (Å²) >= 11 is 0. The topological polar surface area (TPSA) is 135 Å². The molecule has 2 aliphatic heterocycles. The molecule has 2 aromatic rings. The zero-order valence-corrected chi connectivity index (χ0v) is 19.2. The summed E-state index contributed by atoms with van der Waals surface area (Å²) in [6.07, 6.45) is -0.385. The van der Waals surface area contributed by atoms with Crippen LogP contribution >= 0.6 is 0 Å². The van der Waals surface area contributed by atoms with Gasteiger partial charge in [-0.25, -0.2) is 8.42 Å². The first-order valence-electron chi connectivity index (χ1n) is 10.7. The lowest BCUT2D eigenvalue weighted by Gasteiger charge is -2.25. The Kier molecular flexibility index (Phi) is 6.72. The van der Waals surface area contributed by atoms with Crippen LogP contribution in [0.5, 0.6) is 11.5 Å². The van der Waals surface area contributed by atoms with E-state index < -0.39 is 34.0 Å². The molecular weight excluding hydrogens is 462 g/mol.